The molecule has 0 saturated heterocycles. The van der Waals surface area contributed by atoms with E-state index < -0.39 is 0 Å². The van der Waals surface area contributed by atoms with E-state index in [1.165, 1.54) is 22.7 Å². The molecule has 0 aliphatic rings. The van der Waals surface area contributed by atoms with Crippen LogP contribution in [0.15, 0.2) is 29.6 Å². The van der Waals surface area contributed by atoms with Crippen molar-refractivity contribution in [3.05, 3.63) is 46.5 Å². The Balaban J connectivity index is 2.15. The summed E-state index contributed by atoms with van der Waals surface area (Å²) < 4.78 is 3.79. The van der Waals surface area contributed by atoms with Gasteiger partial charge in [-0.3, -0.25) is 0 Å². The topological polar surface area (TPSA) is 25.8 Å². The van der Waals surface area contributed by atoms with Gasteiger partial charge in [0.1, 0.15) is 0 Å². The van der Waals surface area contributed by atoms with Gasteiger partial charge in [-0.1, -0.05) is 40.4 Å². The molecule has 1 heterocycles. The van der Waals surface area contributed by atoms with Crippen LogP contribution in [0.4, 0.5) is 0 Å². The van der Waals surface area contributed by atoms with Crippen LogP contribution in [0, 0.1) is 6.92 Å². The largest absolute Gasteiger partial charge is 0.139 e. The Hall–Kier alpha value is -1.48. The maximum atomic E-state index is 3.93. The number of hydrogen-bond acceptors (Lipinski definition) is 3. The molecule has 14 heavy (non-hydrogen) atoms. The summed E-state index contributed by atoms with van der Waals surface area (Å²) in [7, 11) is 0. The predicted molar refractivity (Wildman–Crippen MR) is 60.0 cm³/mol. The Bertz CT molecular complexity index is 415. The number of hydrogen-bond donors (Lipinski definition) is 0. The van der Waals surface area contributed by atoms with Crippen LogP contribution in [0.2, 0.25) is 0 Å². The zero-order chi connectivity index (χ0) is 9.80. The Kier molecular flexibility index (Phi) is 2.70. The Morgan fingerprint density at radius 1 is 1.14 bits per heavy atom. The summed E-state index contributed by atoms with van der Waals surface area (Å²) in [6.07, 6.45) is 4.00. The molecule has 0 N–H and O–H groups in total. The molecule has 2 aromatic rings. The highest BCUT2D eigenvalue weighted by molar-refractivity contribution is 7.03. The van der Waals surface area contributed by atoms with Crippen LogP contribution in [0.1, 0.15) is 16.8 Å². The summed E-state index contributed by atoms with van der Waals surface area (Å²) in [6, 6.07) is 8.37. The minimum absolute atomic E-state index is 0.913. The van der Waals surface area contributed by atoms with E-state index in [4.69, 9.17) is 0 Å². The predicted octanol–water partition coefficient (Wildman–Crippen LogP) is 3.02. The second-order valence-electron chi connectivity index (χ2n) is 3.07. The van der Waals surface area contributed by atoms with E-state index in [1.54, 1.807) is 0 Å². The van der Waals surface area contributed by atoms with Gasteiger partial charge < -0.3 is 0 Å². The quantitative estimate of drug-likeness (QED) is 0.748. The Morgan fingerprint density at radius 2 is 1.93 bits per heavy atom. The molecule has 0 amide bonds. The molecule has 3 heteroatoms. The lowest BCUT2D eigenvalue weighted by Crippen LogP contribution is -1.74. The summed E-state index contributed by atoms with van der Waals surface area (Å²) in [5, 5.41) is 5.85. The normalized spacial score (nSPS) is 10.9. The van der Waals surface area contributed by atoms with Crippen molar-refractivity contribution in [1.82, 2.24) is 9.59 Å². The number of rotatable bonds is 2. The molecular weight excluding hydrogens is 192 g/mol. The fraction of sp³-hybridized carbons (Fsp3) is 0.0909. The summed E-state index contributed by atoms with van der Waals surface area (Å²) in [5.41, 5.74) is 3.37. The third-order valence-electron chi connectivity index (χ3n) is 1.90. The number of aryl methyl sites for hydroxylation is 1. The minimum Gasteiger partial charge on any atom is -0.139 e. The highest BCUT2D eigenvalue weighted by atomic mass is 32.1. The molecule has 0 atom stereocenters. The number of aromatic nitrogens is 2. The molecule has 0 saturated carbocycles. The van der Waals surface area contributed by atoms with E-state index in [0.717, 1.165) is 5.69 Å². The highest BCUT2D eigenvalue weighted by Crippen LogP contribution is 2.08. The van der Waals surface area contributed by atoms with Crippen LogP contribution in [0.3, 0.4) is 0 Å². The Morgan fingerprint density at radius 3 is 2.57 bits per heavy atom. The molecule has 0 aliphatic carbocycles. The molecule has 2 rings (SSSR count). The van der Waals surface area contributed by atoms with Crippen molar-refractivity contribution in [3.63, 3.8) is 0 Å². The first kappa shape index (κ1) is 9.09. The van der Waals surface area contributed by atoms with Crippen LogP contribution in [-0.2, 0) is 0 Å². The van der Waals surface area contributed by atoms with Gasteiger partial charge in [-0.05, 0) is 30.1 Å². The van der Waals surface area contributed by atoms with Crippen molar-refractivity contribution in [1.29, 1.82) is 0 Å². The summed E-state index contributed by atoms with van der Waals surface area (Å²) in [4.78, 5) is 0. The molecule has 0 aliphatic heterocycles. The van der Waals surface area contributed by atoms with Crippen molar-refractivity contribution >= 4 is 23.7 Å². The van der Waals surface area contributed by atoms with Crippen LogP contribution in [0.5, 0.6) is 0 Å². The number of nitrogens with zero attached hydrogens (tertiary/aromatic N) is 2. The molecule has 70 valence electrons. The molecule has 0 unspecified atom stereocenters. The molecular formula is C11H10N2S. The van der Waals surface area contributed by atoms with Crippen LogP contribution < -0.4 is 0 Å². The van der Waals surface area contributed by atoms with Crippen molar-refractivity contribution in [2.75, 3.05) is 0 Å². The van der Waals surface area contributed by atoms with Gasteiger partial charge in [0.15, 0.2) is 0 Å². The van der Waals surface area contributed by atoms with Crippen molar-refractivity contribution < 1.29 is 0 Å². The zero-order valence-corrected chi connectivity index (χ0v) is 8.66. The van der Waals surface area contributed by atoms with Gasteiger partial charge in [-0.25, -0.2) is 0 Å². The molecule has 1 aromatic heterocycles. The fourth-order valence-electron chi connectivity index (χ4n) is 1.10. The van der Waals surface area contributed by atoms with Gasteiger partial charge in [-0.2, -0.15) is 0 Å². The third-order valence-corrected chi connectivity index (χ3v) is 2.42. The van der Waals surface area contributed by atoms with Crippen LogP contribution in [-0.4, -0.2) is 9.59 Å². The molecule has 0 bridgehead atoms. The van der Waals surface area contributed by atoms with Crippen molar-refractivity contribution in [3.8, 4) is 0 Å². The molecule has 0 fully saturated rings. The van der Waals surface area contributed by atoms with Crippen molar-refractivity contribution in [2.45, 2.75) is 6.92 Å². The molecule has 0 spiro atoms. The maximum Gasteiger partial charge on any atom is 0.0982 e. The lowest BCUT2D eigenvalue weighted by molar-refractivity contribution is 1.14. The van der Waals surface area contributed by atoms with E-state index in [0.29, 0.717) is 0 Å². The highest BCUT2D eigenvalue weighted by Gasteiger charge is 1.89. The van der Waals surface area contributed by atoms with Crippen molar-refractivity contribution in [2.24, 2.45) is 0 Å². The smallest absolute Gasteiger partial charge is 0.0982 e. The summed E-state index contributed by atoms with van der Waals surface area (Å²) >= 11 is 1.36. The first-order chi connectivity index (χ1) is 6.84. The fourth-order valence-corrected chi connectivity index (χ4v) is 1.53. The van der Waals surface area contributed by atoms with Gasteiger partial charge in [0.25, 0.3) is 0 Å². The van der Waals surface area contributed by atoms with Gasteiger partial charge in [0.05, 0.1) is 5.69 Å². The average molecular weight is 202 g/mol. The van der Waals surface area contributed by atoms with E-state index in [-0.39, 0.29) is 0 Å². The lowest BCUT2D eigenvalue weighted by atomic mass is 10.1. The monoisotopic (exact) mass is 202 g/mol. The van der Waals surface area contributed by atoms with E-state index in [2.05, 4.69) is 40.8 Å². The average Bonchev–Trinajstić information content (AvgIpc) is 2.70. The molecule has 1 aromatic carbocycles. The minimum atomic E-state index is 0.913. The third kappa shape index (κ3) is 2.26. The molecule has 2 nitrogen and oxygen atoms in total. The van der Waals surface area contributed by atoms with Gasteiger partial charge in [0.2, 0.25) is 0 Å². The standard InChI is InChI=1S/C11H10N2S/c1-9-2-4-10(5-3-9)6-7-11-8-14-13-12-11/h2-8H,1H3/b7-6+. The SMILES string of the molecule is Cc1ccc(/C=C/c2csnn2)cc1. The maximum absolute atomic E-state index is 3.93. The second-order valence-corrected chi connectivity index (χ2v) is 3.68. The van der Waals surface area contributed by atoms with E-state index in [1.807, 2.05) is 17.5 Å². The zero-order valence-electron chi connectivity index (χ0n) is 7.84. The second kappa shape index (κ2) is 4.15. The first-order valence-corrected chi connectivity index (χ1v) is 5.20. The summed E-state index contributed by atoms with van der Waals surface area (Å²) in [5.74, 6) is 0. The van der Waals surface area contributed by atoms with Gasteiger partial charge in [-0.15, -0.1) is 5.10 Å². The molecule has 0 radical (unpaired) electrons. The van der Waals surface area contributed by atoms with Crippen LogP contribution >= 0.6 is 11.5 Å². The number of benzene rings is 1. The van der Waals surface area contributed by atoms with E-state index >= 15 is 0 Å². The lowest BCUT2D eigenvalue weighted by Gasteiger charge is -1.93. The Labute approximate surface area is 87.1 Å². The van der Waals surface area contributed by atoms with Crippen LogP contribution in [0.25, 0.3) is 12.2 Å². The van der Waals surface area contributed by atoms with E-state index in [9.17, 15) is 0 Å². The summed E-state index contributed by atoms with van der Waals surface area (Å²) in [6.45, 7) is 2.08. The first-order valence-electron chi connectivity index (χ1n) is 4.36. The van der Waals surface area contributed by atoms with Gasteiger partial charge in [0, 0.05) is 5.38 Å². The van der Waals surface area contributed by atoms with Gasteiger partial charge >= 0.3 is 0 Å².